The third-order valence-corrected chi connectivity index (χ3v) is 4.44. The van der Waals surface area contributed by atoms with E-state index in [0.717, 1.165) is 44.6 Å². The molecule has 1 amide bonds. The average molecular weight is 340 g/mol. The SMILES string of the molecule is CCCNC(=O)CCNC(=NCCN1CCCCC1CC)NCC. The van der Waals surface area contributed by atoms with Crippen LogP contribution in [0.4, 0.5) is 0 Å². The molecule has 1 fully saturated rings. The minimum absolute atomic E-state index is 0.0966. The van der Waals surface area contributed by atoms with Gasteiger partial charge in [-0.2, -0.15) is 0 Å². The topological polar surface area (TPSA) is 68.8 Å². The van der Waals surface area contributed by atoms with Crippen molar-refractivity contribution in [1.29, 1.82) is 0 Å². The molecule has 1 saturated heterocycles. The Labute approximate surface area is 147 Å². The highest BCUT2D eigenvalue weighted by Gasteiger charge is 2.19. The molecule has 0 radical (unpaired) electrons. The summed E-state index contributed by atoms with van der Waals surface area (Å²) in [5, 5.41) is 9.39. The second-order valence-electron chi connectivity index (χ2n) is 6.38. The normalized spacial score (nSPS) is 19.1. The lowest BCUT2D eigenvalue weighted by atomic mass is 10.0. The molecule has 140 valence electrons. The van der Waals surface area contributed by atoms with Crippen molar-refractivity contribution < 1.29 is 4.79 Å². The van der Waals surface area contributed by atoms with Crippen LogP contribution >= 0.6 is 0 Å². The van der Waals surface area contributed by atoms with Gasteiger partial charge in [-0.15, -0.1) is 0 Å². The van der Waals surface area contributed by atoms with Gasteiger partial charge in [0.1, 0.15) is 0 Å². The van der Waals surface area contributed by atoms with E-state index < -0.39 is 0 Å². The highest BCUT2D eigenvalue weighted by atomic mass is 16.1. The molecule has 6 heteroatoms. The number of hydrogen-bond donors (Lipinski definition) is 3. The van der Waals surface area contributed by atoms with Crippen LogP contribution in [0.25, 0.3) is 0 Å². The van der Waals surface area contributed by atoms with Gasteiger partial charge in [-0.25, -0.2) is 0 Å². The van der Waals surface area contributed by atoms with E-state index in [0.29, 0.717) is 13.0 Å². The molecule has 3 N–H and O–H groups in total. The van der Waals surface area contributed by atoms with Crippen molar-refractivity contribution in [1.82, 2.24) is 20.9 Å². The van der Waals surface area contributed by atoms with E-state index in [4.69, 9.17) is 0 Å². The molecular weight excluding hydrogens is 302 g/mol. The second kappa shape index (κ2) is 13.0. The lowest BCUT2D eigenvalue weighted by Crippen LogP contribution is -2.42. The molecule has 1 atom stereocenters. The summed E-state index contributed by atoms with van der Waals surface area (Å²) in [5.41, 5.74) is 0. The van der Waals surface area contributed by atoms with E-state index in [1.807, 2.05) is 0 Å². The summed E-state index contributed by atoms with van der Waals surface area (Å²) < 4.78 is 0. The maximum atomic E-state index is 11.6. The number of carbonyl (C=O) groups is 1. The molecular formula is C18H37N5O. The fourth-order valence-corrected chi connectivity index (χ4v) is 3.10. The summed E-state index contributed by atoms with van der Waals surface area (Å²) in [6, 6.07) is 0.728. The van der Waals surface area contributed by atoms with Gasteiger partial charge in [0.05, 0.1) is 6.54 Å². The van der Waals surface area contributed by atoms with Crippen LogP contribution in [0.1, 0.15) is 59.3 Å². The number of carbonyl (C=O) groups excluding carboxylic acids is 1. The fourth-order valence-electron chi connectivity index (χ4n) is 3.10. The van der Waals surface area contributed by atoms with Crippen molar-refractivity contribution in [2.24, 2.45) is 4.99 Å². The summed E-state index contributed by atoms with van der Waals surface area (Å²) >= 11 is 0. The minimum Gasteiger partial charge on any atom is -0.357 e. The molecule has 1 aliphatic rings. The van der Waals surface area contributed by atoms with Gasteiger partial charge in [0, 0.05) is 38.6 Å². The van der Waals surface area contributed by atoms with E-state index in [9.17, 15) is 4.79 Å². The van der Waals surface area contributed by atoms with E-state index in [2.05, 4.69) is 46.6 Å². The van der Waals surface area contributed by atoms with Crippen molar-refractivity contribution in [3.63, 3.8) is 0 Å². The number of hydrogen-bond acceptors (Lipinski definition) is 3. The quantitative estimate of drug-likeness (QED) is 0.419. The van der Waals surface area contributed by atoms with Crippen LogP contribution in [-0.2, 0) is 4.79 Å². The number of guanidine groups is 1. The van der Waals surface area contributed by atoms with E-state index >= 15 is 0 Å². The van der Waals surface area contributed by atoms with Crippen molar-refractivity contribution >= 4 is 11.9 Å². The Bertz CT molecular complexity index is 372. The Hall–Kier alpha value is -1.30. The Kier molecular flexibility index (Phi) is 11.3. The van der Waals surface area contributed by atoms with Gasteiger partial charge in [-0.05, 0) is 39.2 Å². The predicted octanol–water partition coefficient (Wildman–Crippen LogP) is 1.72. The average Bonchev–Trinajstić information content (AvgIpc) is 2.60. The van der Waals surface area contributed by atoms with Crippen LogP contribution in [-0.4, -0.2) is 62.1 Å². The van der Waals surface area contributed by atoms with Crippen LogP contribution in [0.2, 0.25) is 0 Å². The van der Waals surface area contributed by atoms with Gasteiger partial charge in [0.25, 0.3) is 0 Å². The van der Waals surface area contributed by atoms with Gasteiger partial charge >= 0.3 is 0 Å². The molecule has 0 aliphatic carbocycles. The standard InChI is InChI=1S/C18H37N5O/c1-4-11-20-17(24)10-12-21-18(19-6-3)22-13-15-23-14-8-7-9-16(23)5-2/h16H,4-15H2,1-3H3,(H,20,24)(H2,19,21,22). The zero-order valence-electron chi connectivity index (χ0n) is 15.9. The van der Waals surface area contributed by atoms with E-state index in [-0.39, 0.29) is 5.91 Å². The predicted molar refractivity (Wildman–Crippen MR) is 101 cm³/mol. The summed E-state index contributed by atoms with van der Waals surface area (Å²) in [7, 11) is 0. The van der Waals surface area contributed by atoms with Crippen LogP contribution in [0.5, 0.6) is 0 Å². The molecule has 0 aromatic carbocycles. The molecule has 0 spiro atoms. The third-order valence-electron chi connectivity index (χ3n) is 4.44. The highest BCUT2D eigenvalue weighted by molar-refractivity contribution is 5.81. The van der Waals surface area contributed by atoms with Gasteiger partial charge in [0.2, 0.25) is 5.91 Å². The second-order valence-corrected chi connectivity index (χ2v) is 6.38. The van der Waals surface area contributed by atoms with Crippen molar-refractivity contribution in [2.45, 2.75) is 65.3 Å². The number of amides is 1. The molecule has 0 bridgehead atoms. The molecule has 0 saturated carbocycles. The zero-order valence-corrected chi connectivity index (χ0v) is 15.9. The fraction of sp³-hybridized carbons (Fsp3) is 0.889. The van der Waals surface area contributed by atoms with Crippen LogP contribution in [0.3, 0.4) is 0 Å². The first-order valence-corrected chi connectivity index (χ1v) is 9.74. The number of piperidine rings is 1. The first-order valence-electron chi connectivity index (χ1n) is 9.74. The Balaban J connectivity index is 2.32. The molecule has 0 aromatic rings. The number of nitrogens with one attached hydrogen (secondary N) is 3. The lowest BCUT2D eigenvalue weighted by molar-refractivity contribution is -0.120. The van der Waals surface area contributed by atoms with Crippen molar-refractivity contribution in [2.75, 3.05) is 39.3 Å². The molecule has 24 heavy (non-hydrogen) atoms. The lowest BCUT2D eigenvalue weighted by Gasteiger charge is -2.34. The summed E-state index contributed by atoms with van der Waals surface area (Å²) in [4.78, 5) is 18.8. The van der Waals surface area contributed by atoms with Gasteiger partial charge in [-0.1, -0.05) is 20.3 Å². The highest BCUT2D eigenvalue weighted by Crippen LogP contribution is 2.18. The summed E-state index contributed by atoms with van der Waals surface area (Å²) in [6.45, 7) is 11.6. The van der Waals surface area contributed by atoms with Crippen LogP contribution in [0.15, 0.2) is 4.99 Å². The Morgan fingerprint density at radius 1 is 1.12 bits per heavy atom. The van der Waals surface area contributed by atoms with Crippen molar-refractivity contribution in [3.8, 4) is 0 Å². The Morgan fingerprint density at radius 3 is 2.67 bits per heavy atom. The van der Waals surface area contributed by atoms with Gasteiger partial charge in [-0.3, -0.25) is 14.7 Å². The van der Waals surface area contributed by atoms with Crippen LogP contribution < -0.4 is 16.0 Å². The number of nitrogens with zero attached hydrogens (tertiary/aromatic N) is 2. The number of likely N-dealkylation sites (tertiary alicyclic amines) is 1. The molecule has 1 unspecified atom stereocenters. The maximum Gasteiger partial charge on any atom is 0.221 e. The van der Waals surface area contributed by atoms with Gasteiger partial charge in [0.15, 0.2) is 5.96 Å². The number of rotatable bonds is 10. The molecule has 6 nitrogen and oxygen atoms in total. The van der Waals surface area contributed by atoms with E-state index in [1.165, 1.54) is 32.2 Å². The largest absolute Gasteiger partial charge is 0.357 e. The van der Waals surface area contributed by atoms with E-state index in [1.54, 1.807) is 0 Å². The first-order chi connectivity index (χ1) is 11.7. The minimum atomic E-state index is 0.0966. The molecule has 1 aliphatic heterocycles. The zero-order chi connectivity index (χ0) is 17.6. The summed E-state index contributed by atoms with van der Waals surface area (Å²) in [5.74, 6) is 0.908. The van der Waals surface area contributed by atoms with Crippen LogP contribution in [0, 0.1) is 0 Å². The smallest absolute Gasteiger partial charge is 0.221 e. The first kappa shape index (κ1) is 20.7. The monoisotopic (exact) mass is 339 g/mol. The van der Waals surface area contributed by atoms with Crippen molar-refractivity contribution in [3.05, 3.63) is 0 Å². The Morgan fingerprint density at radius 2 is 1.96 bits per heavy atom. The molecule has 0 aromatic heterocycles. The summed E-state index contributed by atoms with van der Waals surface area (Å²) in [6.07, 6.45) is 6.68. The molecule has 1 heterocycles. The van der Waals surface area contributed by atoms with Gasteiger partial charge < -0.3 is 16.0 Å². The number of aliphatic imine (C=N–C) groups is 1. The third kappa shape index (κ3) is 8.52. The molecule has 1 rings (SSSR count). The maximum absolute atomic E-state index is 11.6.